The van der Waals surface area contributed by atoms with Gasteiger partial charge in [-0.15, -0.1) is 0 Å². The van der Waals surface area contributed by atoms with Gasteiger partial charge in [-0.1, -0.05) is 11.6 Å². The third kappa shape index (κ3) is 5.05. The van der Waals surface area contributed by atoms with Gasteiger partial charge in [0.2, 0.25) is 0 Å². The van der Waals surface area contributed by atoms with Gasteiger partial charge in [0.25, 0.3) is 0 Å². The molecule has 0 bridgehead atoms. The number of fused-ring (bicyclic) bond motifs is 1. The van der Waals surface area contributed by atoms with Crippen molar-refractivity contribution in [2.24, 2.45) is 0 Å². The number of carbonyl (C=O) groups excluding carboxylic acids is 3. The summed E-state index contributed by atoms with van der Waals surface area (Å²) >= 11 is 0. The van der Waals surface area contributed by atoms with E-state index in [0.717, 1.165) is 5.57 Å². The van der Waals surface area contributed by atoms with Gasteiger partial charge in [0.15, 0.2) is 0 Å². The Balaban J connectivity index is 2.67. The normalized spacial score (nSPS) is 13.5. The first kappa shape index (κ1) is 25.2. The molecule has 1 aliphatic heterocycles. The lowest BCUT2D eigenvalue weighted by molar-refractivity contribution is -0.170. The van der Waals surface area contributed by atoms with E-state index >= 15 is 0 Å². The average Bonchev–Trinajstić information content (AvgIpc) is 3.13. The van der Waals surface area contributed by atoms with Crippen LogP contribution < -0.4 is 9.64 Å². The predicted octanol–water partition coefficient (Wildman–Crippen LogP) is 4.03. The third-order valence-corrected chi connectivity index (χ3v) is 5.33. The molecule has 176 valence electrons. The largest absolute Gasteiger partial charge is 0.496 e. The van der Waals surface area contributed by atoms with E-state index in [-0.39, 0.29) is 54.5 Å². The topological polar surface area (TPSA) is 82.1 Å². The summed E-state index contributed by atoms with van der Waals surface area (Å²) in [5.41, 5.74) is 1.78. The van der Waals surface area contributed by atoms with Crippen molar-refractivity contribution in [3.05, 3.63) is 33.9 Å². The average molecular weight is 457 g/mol. The highest BCUT2D eigenvalue weighted by Crippen LogP contribution is 2.44. The number of cyclic esters (lactones) is 1. The van der Waals surface area contributed by atoms with Crippen LogP contribution in [0.25, 0.3) is 0 Å². The number of amides is 1. The van der Waals surface area contributed by atoms with Crippen LogP contribution >= 0.6 is 0 Å². The molecule has 0 saturated heterocycles. The summed E-state index contributed by atoms with van der Waals surface area (Å²) in [7, 11) is 2.65. The summed E-state index contributed by atoms with van der Waals surface area (Å²) in [6, 6.07) is 0. The summed E-state index contributed by atoms with van der Waals surface area (Å²) in [5.74, 6) is -2.98. The number of benzene rings is 1. The predicted molar refractivity (Wildman–Crippen MR) is 110 cm³/mol. The first-order chi connectivity index (χ1) is 15.0. The van der Waals surface area contributed by atoms with Gasteiger partial charge in [0, 0.05) is 24.1 Å². The Bertz CT molecular complexity index is 952. The van der Waals surface area contributed by atoms with E-state index in [1.54, 1.807) is 19.9 Å². The van der Waals surface area contributed by atoms with Crippen molar-refractivity contribution >= 4 is 23.5 Å². The van der Waals surface area contributed by atoms with Crippen molar-refractivity contribution in [3.63, 3.8) is 0 Å². The smallest absolute Gasteiger partial charge is 0.471 e. The van der Waals surface area contributed by atoms with E-state index in [1.807, 2.05) is 0 Å². The monoisotopic (exact) mass is 457 g/mol. The lowest BCUT2D eigenvalue weighted by Crippen LogP contribution is -2.42. The van der Waals surface area contributed by atoms with Crippen LogP contribution in [-0.2, 0) is 32.1 Å². The van der Waals surface area contributed by atoms with Gasteiger partial charge in [-0.05, 0) is 39.2 Å². The Morgan fingerprint density at radius 2 is 1.88 bits per heavy atom. The number of rotatable bonds is 8. The first-order valence-corrected chi connectivity index (χ1v) is 9.98. The maximum atomic E-state index is 13.3. The fraction of sp³-hybridized carbons (Fsp3) is 0.500. The molecule has 0 unspecified atom stereocenters. The summed E-state index contributed by atoms with van der Waals surface area (Å²) in [5, 5.41) is 0. The molecule has 1 aromatic rings. The van der Waals surface area contributed by atoms with Crippen LogP contribution in [0.15, 0.2) is 11.6 Å². The molecule has 0 aliphatic carbocycles. The Hall–Kier alpha value is -3.04. The second-order valence-corrected chi connectivity index (χ2v) is 7.29. The molecule has 10 heteroatoms. The highest BCUT2D eigenvalue weighted by atomic mass is 19.4. The van der Waals surface area contributed by atoms with Crippen LogP contribution in [-0.4, -0.2) is 44.8 Å². The van der Waals surface area contributed by atoms with Gasteiger partial charge in [0.05, 0.1) is 25.5 Å². The fourth-order valence-electron chi connectivity index (χ4n) is 3.66. The molecule has 1 aliphatic rings. The van der Waals surface area contributed by atoms with E-state index in [1.165, 1.54) is 21.1 Å². The lowest BCUT2D eigenvalue weighted by Gasteiger charge is -2.28. The second kappa shape index (κ2) is 10.1. The quantitative estimate of drug-likeness (QED) is 0.433. The van der Waals surface area contributed by atoms with Crippen LogP contribution in [0.1, 0.15) is 53.7 Å². The third-order valence-electron chi connectivity index (χ3n) is 5.33. The maximum Gasteiger partial charge on any atom is 0.471 e. The molecule has 0 aromatic heterocycles. The Labute approximate surface area is 184 Å². The highest BCUT2D eigenvalue weighted by Gasteiger charge is 2.45. The minimum Gasteiger partial charge on any atom is -0.496 e. The van der Waals surface area contributed by atoms with Crippen LogP contribution in [0.5, 0.6) is 5.75 Å². The molecule has 1 amide bonds. The van der Waals surface area contributed by atoms with Gasteiger partial charge in [-0.2, -0.15) is 13.2 Å². The van der Waals surface area contributed by atoms with E-state index in [2.05, 4.69) is 4.74 Å². The van der Waals surface area contributed by atoms with Crippen molar-refractivity contribution < 1.29 is 41.8 Å². The zero-order chi connectivity index (χ0) is 24.2. The number of esters is 2. The molecule has 2 rings (SSSR count). The molecule has 0 N–H and O–H groups in total. The van der Waals surface area contributed by atoms with Gasteiger partial charge < -0.3 is 19.1 Å². The van der Waals surface area contributed by atoms with Crippen molar-refractivity contribution in [1.82, 2.24) is 0 Å². The maximum absolute atomic E-state index is 13.3. The Morgan fingerprint density at radius 3 is 2.41 bits per heavy atom. The zero-order valence-corrected chi connectivity index (χ0v) is 18.6. The number of methoxy groups -OCH3 is 2. The van der Waals surface area contributed by atoms with Gasteiger partial charge in [-0.3, -0.25) is 9.59 Å². The molecule has 1 heterocycles. The summed E-state index contributed by atoms with van der Waals surface area (Å²) in [4.78, 5) is 36.6. The Kier molecular flexibility index (Phi) is 7.92. The van der Waals surface area contributed by atoms with Crippen molar-refractivity contribution in [1.29, 1.82) is 0 Å². The lowest BCUT2D eigenvalue weighted by atomic mass is 9.92. The number of anilines is 1. The van der Waals surface area contributed by atoms with Crippen molar-refractivity contribution in [3.8, 4) is 5.75 Å². The van der Waals surface area contributed by atoms with E-state index in [9.17, 15) is 27.6 Å². The van der Waals surface area contributed by atoms with E-state index in [0.29, 0.717) is 22.4 Å². The second-order valence-electron chi connectivity index (χ2n) is 7.29. The van der Waals surface area contributed by atoms with Gasteiger partial charge in [-0.25, -0.2) is 4.79 Å². The number of hydrogen-bond donors (Lipinski definition) is 0. The van der Waals surface area contributed by atoms with Crippen LogP contribution in [0.4, 0.5) is 18.9 Å². The number of alkyl halides is 3. The number of ether oxygens (including phenoxy) is 3. The molecule has 0 spiro atoms. The molecule has 0 saturated carbocycles. The van der Waals surface area contributed by atoms with Crippen LogP contribution in [0.2, 0.25) is 0 Å². The minimum atomic E-state index is -5.13. The van der Waals surface area contributed by atoms with Crippen LogP contribution in [0.3, 0.4) is 0 Å². The van der Waals surface area contributed by atoms with Gasteiger partial charge >= 0.3 is 24.0 Å². The molecule has 0 fully saturated rings. The molecule has 7 nitrogen and oxygen atoms in total. The number of nitrogens with zero attached hydrogens (tertiary/aromatic N) is 1. The standard InChI is InChI=1S/C22H26F3NO6/c1-6-26(21(29)22(23,24)25)18-14(9-7-12(2)8-10-16(27)30-4)19(31-5)13(3)15-11-32-20(28)17(15)18/h7H,6,8-11H2,1-5H3. The highest BCUT2D eigenvalue weighted by molar-refractivity contribution is 6.08. The summed E-state index contributed by atoms with van der Waals surface area (Å²) in [6.07, 6.45) is -2.80. The first-order valence-electron chi connectivity index (χ1n) is 9.98. The molecular weight excluding hydrogens is 431 g/mol. The van der Waals surface area contributed by atoms with E-state index in [4.69, 9.17) is 9.47 Å². The molecule has 1 aromatic carbocycles. The number of halogens is 3. The number of hydrogen-bond acceptors (Lipinski definition) is 6. The Morgan fingerprint density at radius 1 is 1.22 bits per heavy atom. The summed E-state index contributed by atoms with van der Waals surface area (Å²) in [6.45, 7) is 4.41. The molecule has 32 heavy (non-hydrogen) atoms. The van der Waals surface area contributed by atoms with Crippen LogP contribution in [0, 0.1) is 6.92 Å². The SMILES string of the molecule is CCN(C(=O)C(F)(F)F)c1c(CC=C(C)CCC(=O)OC)c(OC)c(C)c2c1C(=O)OC2. The summed E-state index contributed by atoms with van der Waals surface area (Å²) < 4.78 is 55.2. The molecule has 0 atom stereocenters. The molecule has 0 radical (unpaired) electrons. The zero-order valence-electron chi connectivity index (χ0n) is 18.6. The number of carbonyl (C=O) groups is 3. The van der Waals surface area contributed by atoms with Gasteiger partial charge in [0.1, 0.15) is 12.4 Å². The van der Waals surface area contributed by atoms with Crippen molar-refractivity contribution in [2.45, 2.75) is 52.8 Å². The number of allylic oxidation sites excluding steroid dienone is 2. The van der Waals surface area contributed by atoms with Crippen molar-refractivity contribution in [2.75, 3.05) is 25.7 Å². The minimum absolute atomic E-state index is 0.0571. The molecular formula is C22H26F3NO6. The van der Waals surface area contributed by atoms with E-state index < -0.39 is 18.1 Å². The fourth-order valence-corrected chi connectivity index (χ4v) is 3.66.